The molecule has 6 heteroatoms. The van der Waals surface area contributed by atoms with Crippen LogP contribution in [-0.2, 0) is 10.1 Å². The summed E-state index contributed by atoms with van der Waals surface area (Å²) < 4.78 is 34.8. The predicted molar refractivity (Wildman–Crippen MR) is 44.5 cm³/mol. The second kappa shape index (κ2) is 3.23. The van der Waals surface area contributed by atoms with Gasteiger partial charge in [0.1, 0.15) is 4.90 Å². The van der Waals surface area contributed by atoms with Crippen LogP contribution in [0.4, 0.5) is 0 Å². The molecule has 0 radical (unpaired) electrons. The number of phenolic OH excluding ortho intramolecular Hbond substituents is 1. The van der Waals surface area contributed by atoms with Crippen molar-refractivity contribution in [3.05, 3.63) is 18.2 Å². The Morgan fingerprint density at radius 3 is 2.38 bits per heavy atom. The fourth-order valence-corrected chi connectivity index (χ4v) is 1.59. The first-order valence-corrected chi connectivity index (χ1v) is 4.74. The van der Waals surface area contributed by atoms with Gasteiger partial charge in [0.05, 0.1) is 7.11 Å². The quantitative estimate of drug-likeness (QED) is 0.691. The summed E-state index contributed by atoms with van der Waals surface area (Å²) in [7, 11) is -3.15. The lowest BCUT2D eigenvalue weighted by Crippen LogP contribution is -2.01. The highest BCUT2D eigenvalue weighted by atomic mass is 32.2. The molecule has 0 heterocycles. The Morgan fingerprint density at radius 1 is 1.38 bits per heavy atom. The third-order valence-electron chi connectivity index (χ3n) is 1.44. The molecule has 0 unspecified atom stereocenters. The molecule has 0 aliphatic rings. The molecule has 0 aromatic heterocycles. The summed E-state index contributed by atoms with van der Waals surface area (Å²) in [6.07, 6.45) is 0. The number of hydrogen-bond donors (Lipinski definition) is 2. The maximum atomic E-state index is 10.7. The lowest BCUT2D eigenvalue weighted by molar-refractivity contribution is 0.360. The van der Waals surface area contributed by atoms with E-state index in [-0.39, 0.29) is 11.5 Å². The van der Waals surface area contributed by atoms with E-state index in [1.54, 1.807) is 0 Å². The van der Waals surface area contributed by atoms with E-state index >= 15 is 0 Å². The Labute approximate surface area is 75.3 Å². The fourth-order valence-electron chi connectivity index (χ4n) is 0.913. The van der Waals surface area contributed by atoms with Gasteiger partial charge in [-0.25, -0.2) is 0 Å². The summed E-state index contributed by atoms with van der Waals surface area (Å²) in [6, 6.07) is 3.68. The molecule has 0 aliphatic heterocycles. The summed E-state index contributed by atoms with van der Waals surface area (Å²) in [5.74, 6) is -0.595. The van der Waals surface area contributed by atoms with Crippen LogP contribution in [-0.4, -0.2) is 25.2 Å². The minimum absolute atomic E-state index is 0.259. The van der Waals surface area contributed by atoms with E-state index in [0.29, 0.717) is 0 Å². The van der Waals surface area contributed by atoms with Crippen LogP contribution in [0.3, 0.4) is 0 Å². The van der Waals surface area contributed by atoms with Gasteiger partial charge in [0, 0.05) is 0 Å². The highest BCUT2D eigenvalue weighted by Gasteiger charge is 2.18. The number of para-hydroxylation sites is 1. The average molecular weight is 204 g/mol. The fraction of sp³-hybridized carbons (Fsp3) is 0.143. The smallest absolute Gasteiger partial charge is 0.298 e. The molecule has 1 aromatic carbocycles. The van der Waals surface area contributed by atoms with Crippen molar-refractivity contribution >= 4 is 10.1 Å². The maximum absolute atomic E-state index is 10.7. The molecule has 0 spiro atoms. The van der Waals surface area contributed by atoms with Crippen molar-refractivity contribution in [3.8, 4) is 11.5 Å². The number of ether oxygens (including phenoxy) is 1. The van der Waals surface area contributed by atoms with Crippen LogP contribution in [0.15, 0.2) is 23.1 Å². The number of phenols is 1. The summed E-state index contributed by atoms with van der Waals surface area (Å²) in [5.41, 5.74) is 0. The van der Waals surface area contributed by atoms with Crippen molar-refractivity contribution in [3.63, 3.8) is 0 Å². The van der Waals surface area contributed by atoms with Gasteiger partial charge >= 0.3 is 0 Å². The number of hydrogen-bond acceptors (Lipinski definition) is 4. The third kappa shape index (κ3) is 1.90. The topological polar surface area (TPSA) is 83.8 Å². The number of benzene rings is 1. The average Bonchev–Trinajstić information content (AvgIpc) is 2.02. The van der Waals surface area contributed by atoms with Gasteiger partial charge in [-0.1, -0.05) is 6.07 Å². The highest BCUT2D eigenvalue weighted by molar-refractivity contribution is 7.86. The molecular formula is C7H8O5S. The molecule has 1 aromatic rings. The molecule has 0 saturated carbocycles. The van der Waals surface area contributed by atoms with Gasteiger partial charge < -0.3 is 9.84 Å². The van der Waals surface area contributed by atoms with Crippen molar-refractivity contribution < 1.29 is 22.8 Å². The monoisotopic (exact) mass is 204 g/mol. The molecule has 0 amide bonds. The second-order valence-corrected chi connectivity index (χ2v) is 3.67. The Hall–Kier alpha value is -1.27. The first-order chi connectivity index (χ1) is 5.96. The van der Waals surface area contributed by atoms with Gasteiger partial charge in [-0.3, -0.25) is 4.55 Å². The molecule has 13 heavy (non-hydrogen) atoms. The van der Waals surface area contributed by atoms with Gasteiger partial charge in [-0.15, -0.1) is 0 Å². The molecule has 1 rings (SSSR count). The van der Waals surface area contributed by atoms with Crippen molar-refractivity contribution in [2.45, 2.75) is 4.90 Å². The van der Waals surface area contributed by atoms with E-state index < -0.39 is 15.0 Å². The van der Waals surface area contributed by atoms with Gasteiger partial charge in [-0.05, 0) is 12.1 Å². The van der Waals surface area contributed by atoms with Crippen LogP contribution < -0.4 is 4.74 Å². The first-order valence-electron chi connectivity index (χ1n) is 3.30. The van der Waals surface area contributed by atoms with Crippen molar-refractivity contribution in [2.75, 3.05) is 7.11 Å². The summed E-state index contributed by atoms with van der Waals surface area (Å²) >= 11 is 0. The molecule has 0 atom stereocenters. The zero-order chi connectivity index (χ0) is 10.1. The zero-order valence-electron chi connectivity index (χ0n) is 6.76. The van der Waals surface area contributed by atoms with Crippen LogP contribution in [0, 0.1) is 0 Å². The van der Waals surface area contributed by atoms with Crippen LogP contribution >= 0.6 is 0 Å². The largest absolute Gasteiger partial charge is 0.504 e. The van der Waals surface area contributed by atoms with Gasteiger partial charge in [-0.2, -0.15) is 8.42 Å². The zero-order valence-corrected chi connectivity index (χ0v) is 7.58. The van der Waals surface area contributed by atoms with Gasteiger partial charge in [0.25, 0.3) is 10.1 Å². The molecule has 0 fully saturated rings. The Morgan fingerprint density at radius 2 is 2.00 bits per heavy atom. The summed E-state index contributed by atoms with van der Waals surface area (Å²) in [4.78, 5) is -0.449. The Kier molecular flexibility index (Phi) is 2.44. The van der Waals surface area contributed by atoms with Crippen LogP contribution in [0.1, 0.15) is 0 Å². The van der Waals surface area contributed by atoms with Crippen molar-refractivity contribution in [2.24, 2.45) is 0 Å². The second-order valence-electron chi connectivity index (χ2n) is 2.28. The summed E-state index contributed by atoms with van der Waals surface area (Å²) in [5, 5.41) is 9.15. The standard InChI is InChI=1S/C7H8O5S/c1-12-7-5(8)3-2-4-6(7)13(9,10)11/h2-4,8H,1H3,(H,9,10,11). The molecule has 72 valence electrons. The van der Waals surface area contributed by atoms with E-state index in [0.717, 1.165) is 6.07 Å². The van der Waals surface area contributed by atoms with E-state index in [1.165, 1.54) is 19.2 Å². The Bertz CT molecular complexity index is 409. The molecule has 2 N–H and O–H groups in total. The molecule has 0 saturated heterocycles. The van der Waals surface area contributed by atoms with Crippen LogP contribution in [0.25, 0.3) is 0 Å². The van der Waals surface area contributed by atoms with E-state index in [9.17, 15) is 8.42 Å². The van der Waals surface area contributed by atoms with Crippen molar-refractivity contribution in [1.29, 1.82) is 0 Å². The third-order valence-corrected chi connectivity index (χ3v) is 2.32. The highest BCUT2D eigenvalue weighted by Crippen LogP contribution is 2.32. The van der Waals surface area contributed by atoms with Crippen LogP contribution in [0.5, 0.6) is 11.5 Å². The minimum Gasteiger partial charge on any atom is -0.504 e. The number of methoxy groups -OCH3 is 1. The lowest BCUT2D eigenvalue weighted by atomic mass is 10.3. The van der Waals surface area contributed by atoms with E-state index in [4.69, 9.17) is 9.66 Å². The lowest BCUT2D eigenvalue weighted by Gasteiger charge is -2.06. The number of aromatic hydroxyl groups is 1. The summed E-state index contributed by atoms with van der Waals surface area (Å²) in [6.45, 7) is 0. The van der Waals surface area contributed by atoms with Crippen molar-refractivity contribution in [1.82, 2.24) is 0 Å². The molecule has 5 nitrogen and oxygen atoms in total. The van der Waals surface area contributed by atoms with E-state index in [2.05, 4.69) is 4.74 Å². The molecule has 0 aliphatic carbocycles. The van der Waals surface area contributed by atoms with E-state index in [1.807, 2.05) is 0 Å². The Balaban J connectivity index is 3.47. The van der Waals surface area contributed by atoms with Gasteiger partial charge in [0.2, 0.25) is 0 Å². The SMILES string of the molecule is COc1c(O)cccc1S(=O)(=O)O. The van der Waals surface area contributed by atoms with Crippen LogP contribution in [0.2, 0.25) is 0 Å². The molecule has 0 bridgehead atoms. The first kappa shape index (κ1) is 9.82. The van der Waals surface area contributed by atoms with Gasteiger partial charge in [0.15, 0.2) is 11.5 Å². The normalized spacial score (nSPS) is 11.2. The molecular weight excluding hydrogens is 196 g/mol. The number of rotatable bonds is 2. The predicted octanol–water partition coefficient (Wildman–Crippen LogP) is 0.648. The minimum atomic E-state index is -4.35. The maximum Gasteiger partial charge on any atom is 0.298 e.